The number of likely N-dealkylation sites (tertiary alicyclic amines) is 2. The lowest BCUT2D eigenvalue weighted by atomic mass is 9.53. The van der Waals surface area contributed by atoms with Gasteiger partial charge in [0.1, 0.15) is 17.3 Å². The number of rotatable bonds is 8. The highest BCUT2D eigenvalue weighted by Gasteiger charge is 2.61. The zero-order valence-electron chi connectivity index (χ0n) is 27.3. The maximum absolute atomic E-state index is 14.0. The van der Waals surface area contributed by atoms with Gasteiger partial charge < -0.3 is 23.7 Å². The maximum atomic E-state index is 14.0. The average molecular weight is 653 g/mol. The van der Waals surface area contributed by atoms with Crippen LogP contribution in [0.5, 0.6) is 5.75 Å². The van der Waals surface area contributed by atoms with Crippen molar-refractivity contribution in [3.8, 4) is 23.3 Å². The van der Waals surface area contributed by atoms with Gasteiger partial charge in [-0.25, -0.2) is 15.0 Å². The zero-order valence-corrected chi connectivity index (χ0v) is 27.3. The van der Waals surface area contributed by atoms with Gasteiger partial charge in [0.15, 0.2) is 5.82 Å². The summed E-state index contributed by atoms with van der Waals surface area (Å²) in [5.41, 5.74) is 4.87. The molecule has 5 aromatic rings. The standard InChI is InChI=1S/C38H36N8O3/c1-49-32-12-25(38(48)45-20-26-8-24-11-30(45)34(24)26)9-28-35(32)46(19-22-16-43(17-22)37(47)27-14-40-33(13-39)41-15-27)36(42-28)31-10-23-4-2-3-5-29(23)44(31)18-21-6-7-21/h2-5,9-10,12,14-15,21-22,24,26,30,34H,6-8,11,16-20H2,1H3/t24?,26?,30?,34-/m1/s1. The number of hydrogen-bond acceptors (Lipinski definition) is 7. The fourth-order valence-electron chi connectivity index (χ4n) is 9.19. The number of ether oxygens (including phenoxy) is 1. The highest BCUT2D eigenvalue weighted by Crippen LogP contribution is 2.60. The first-order chi connectivity index (χ1) is 24.0. The molecular weight excluding hydrogens is 616 g/mol. The number of aromatic nitrogens is 5. The van der Waals surface area contributed by atoms with Gasteiger partial charge in [-0.3, -0.25) is 9.59 Å². The summed E-state index contributed by atoms with van der Waals surface area (Å²) in [7, 11) is 1.67. The number of nitriles is 1. The molecule has 4 atom stereocenters. The summed E-state index contributed by atoms with van der Waals surface area (Å²) in [4.78, 5) is 44.4. The lowest BCUT2D eigenvalue weighted by Gasteiger charge is -2.52. The predicted octanol–water partition coefficient (Wildman–Crippen LogP) is 4.99. The van der Waals surface area contributed by atoms with Gasteiger partial charge in [0.2, 0.25) is 5.82 Å². The quantitative estimate of drug-likeness (QED) is 0.232. The van der Waals surface area contributed by atoms with Crippen molar-refractivity contribution in [3.05, 3.63) is 71.8 Å². The highest BCUT2D eigenvalue weighted by molar-refractivity contribution is 6.01. The van der Waals surface area contributed by atoms with Crippen molar-refractivity contribution in [1.82, 2.24) is 33.9 Å². The van der Waals surface area contributed by atoms with E-state index < -0.39 is 0 Å². The van der Waals surface area contributed by atoms with Crippen LogP contribution in [-0.4, -0.2) is 78.5 Å². The lowest BCUT2D eigenvalue weighted by Crippen LogP contribution is -2.53. The third kappa shape index (κ3) is 4.42. The summed E-state index contributed by atoms with van der Waals surface area (Å²) < 4.78 is 10.7. The number of para-hydroxylation sites is 1. The topological polar surface area (TPSA) is 122 Å². The zero-order chi connectivity index (χ0) is 33.0. The number of amides is 2. The molecular formula is C38H36N8O3. The van der Waals surface area contributed by atoms with Gasteiger partial charge in [0.05, 0.1) is 23.9 Å². The fourth-order valence-corrected chi connectivity index (χ4v) is 9.19. The second kappa shape index (κ2) is 10.6. The van der Waals surface area contributed by atoms with E-state index in [2.05, 4.69) is 54.3 Å². The minimum absolute atomic E-state index is 0.0414. The average Bonchev–Trinajstić information content (AvgIpc) is 3.75. The van der Waals surface area contributed by atoms with Gasteiger partial charge in [-0.15, -0.1) is 0 Å². The molecule has 5 heterocycles. The number of carbonyl (C=O) groups excluding carboxylic acids is 2. The van der Waals surface area contributed by atoms with Crippen molar-refractivity contribution in [2.75, 3.05) is 26.7 Å². The van der Waals surface area contributed by atoms with Crippen LogP contribution in [0.1, 0.15) is 52.2 Å². The van der Waals surface area contributed by atoms with Crippen LogP contribution in [0.2, 0.25) is 0 Å². The van der Waals surface area contributed by atoms with Gasteiger partial charge in [-0.2, -0.15) is 5.26 Å². The van der Waals surface area contributed by atoms with Gasteiger partial charge >= 0.3 is 0 Å². The monoisotopic (exact) mass is 652 g/mol. The van der Waals surface area contributed by atoms with Crippen LogP contribution >= 0.6 is 0 Å². The number of benzene rings is 2. The molecule has 0 spiro atoms. The normalized spacial score (nSPS) is 23.9. The first-order valence-electron chi connectivity index (χ1n) is 17.5. The molecule has 3 aliphatic carbocycles. The Morgan fingerprint density at radius 3 is 2.45 bits per heavy atom. The van der Waals surface area contributed by atoms with Crippen LogP contribution in [0, 0.1) is 40.9 Å². The van der Waals surface area contributed by atoms with Crippen molar-refractivity contribution in [1.29, 1.82) is 5.26 Å². The molecule has 2 aliphatic heterocycles. The molecule has 3 aromatic heterocycles. The van der Waals surface area contributed by atoms with E-state index in [9.17, 15) is 9.59 Å². The van der Waals surface area contributed by atoms with Crippen LogP contribution < -0.4 is 4.74 Å². The van der Waals surface area contributed by atoms with E-state index in [1.165, 1.54) is 42.6 Å². The molecule has 49 heavy (non-hydrogen) atoms. The molecule has 10 rings (SSSR count). The first kappa shape index (κ1) is 28.7. The molecule has 11 nitrogen and oxygen atoms in total. The molecule has 5 aliphatic rings. The summed E-state index contributed by atoms with van der Waals surface area (Å²) in [5, 5.41) is 10.2. The lowest BCUT2D eigenvalue weighted by molar-refractivity contribution is -0.0204. The summed E-state index contributed by atoms with van der Waals surface area (Å²) in [5.74, 6) is 4.49. The van der Waals surface area contributed by atoms with Crippen molar-refractivity contribution >= 4 is 33.8 Å². The molecule has 0 radical (unpaired) electrons. The predicted molar refractivity (Wildman–Crippen MR) is 181 cm³/mol. The minimum atomic E-state index is -0.144. The highest BCUT2D eigenvalue weighted by atomic mass is 16.5. The Balaban J connectivity index is 1.03. The molecule has 3 unspecified atom stereocenters. The Bertz CT molecular complexity index is 2220. The number of imidazole rings is 1. The fraction of sp³-hybridized carbons (Fsp3) is 0.421. The molecule has 0 bridgehead atoms. The smallest absolute Gasteiger partial charge is 0.257 e. The third-order valence-corrected chi connectivity index (χ3v) is 11.9. The van der Waals surface area contributed by atoms with Gasteiger partial charge in [-0.1, -0.05) is 18.2 Å². The third-order valence-electron chi connectivity index (χ3n) is 11.9. The number of fused-ring (bicyclic) bond motifs is 2. The Hall–Kier alpha value is -5.24. The summed E-state index contributed by atoms with van der Waals surface area (Å²) in [6.07, 6.45) is 7.70. The summed E-state index contributed by atoms with van der Waals surface area (Å²) in [6.45, 7) is 3.57. The molecule has 2 amide bonds. The Labute approximate surface area is 283 Å². The van der Waals surface area contributed by atoms with E-state index in [4.69, 9.17) is 15.0 Å². The summed E-state index contributed by atoms with van der Waals surface area (Å²) >= 11 is 0. The molecule has 246 valence electrons. The van der Waals surface area contributed by atoms with Gasteiger partial charge in [0.25, 0.3) is 11.8 Å². The van der Waals surface area contributed by atoms with Gasteiger partial charge in [0, 0.05) is 73.5 Å². The molecule has 2 aromatic carbocycles. The minimum Gasteiger partial charge on any atom is -0.494 e. The van der Waals surface area contributed by atoms with Crippen molar-refractivity contribution < 1.29 is 14.3 Å². The summed E-state index contributed by atoms with van der Waals surface area (Å²) in [6, 6.07) is 16.9. The number of hydrogen-bond donors (Lipinski definition) is 0. The Morgan fingerprint density at radius 1 is 0.918 bits per heavy atom. The Kier molecular flexibility index (Phi) is 6.23. The second-order valence-electron chi connectivity index (χ2n) is 14.8. The molecule has 5 fully saturated rings. The van der Waals surface area contributed by atoms with E-state index in [1.807, 2.05) is 18.2 Å². The maximum Gasteiger partial charge on any atom is 0.257 e. The van der Waals surface area contributed by atoms with Crippen LogP contribution in [0.25, 0.3) is 33.5 Å². The molecule has 3 saturated carbocycles. The number of methoxy groups -OCH3 is 1. The van der Waals surface area contributed by atoms with Crippen molar-refractivity contribution in [3.63, 3.8) is 0 Å². The molecule has 2 saturated heterocycles. The van der Waals surface area contributed by atoms with Crippen LogP contribution in [-0.2, 0) is 13.1 Å². The molecule has 0 N–H and O–H groups in total. The number of nitrogens with zero attached hydrogens (tertiary/aromatic N) is 8. The van der Waals surface area contributed by atoms with E-state index >= 15 is 0 Å². The number of carbonyl (C=O) groups is 2. The van der Waals surface area contributed by atoms with E-state index in [0.717, 1.165) is 48.0 Å². The van der Waals surface area contributed by atoms with E-state index in [0.29, 0.717) is 60.3 Å². The first-order valence-corrected chi connectivity index (χ1v) is 17.5. The van der Waals surface area contributed by atoms with Gasteiger partial charge in [-0.05, 0) is 73.6 Å². The Morgan fingerprint density at radius 2 is 1.71 bits per heavy atom. The largest absolute Gasteiger partial charge is 0.494 e. The van der Waals surface area contributed by atoms with Crippen molar-refractivity contribution in [2.45, 2.75) is 44.8 Å². The SMILES string of the molecule is COc1cc(C(=O)N2CC3CC4CC2[C@H]43)cc2nc(-c3cc4ccccc4n3CC3CC3)n(CC3CN(C(=O)c4cnc(C#N)nc4)C3)c12. The van der Waals surface area contributed by atoms with Crippen LogP contribution in [0.15, 0.2) is 54.9 Å². The van der Waals surface area contributed by atoms with E-state index in [-0.39, 0.29) is 23.6 Å². The second-order valence-corrected chi connectivity index (χ2v) is 14.8. The molecule has 11 heteroatoms. The van der Waals surface area contributed by atoms with Crippen molar-refractivity contribution in [2.24, 2.45) is 29.6 Å². The van der Waals surface area contributed by atoms with Crippen LogP contribution in [0.3, 0.4) is 0 Å². The van der Waals surface area contributed by atoms with Crippen LogP contribution in [0.4, 0.5) is 0 Å². The van der Waals surface area contributed by atoms with E-state index in [1.54, 1.807) is 12.0 Å².